The van der Waals surface area contributed by atoms with Gasteiger partial charge in [0.25, 0.3) is 0 Å². The number of ether oxygens (including phenoxy) is 2. The molecule has 5 heteroatoms. The van der Waals surface area contributed by atoms with Crippen LogP contribution in [0.2, 0.25) is 0 Å². The third-order valence-corrected chi connectivity index (χ3v) is 8.67. The monoisotopic (exact) mass is 544 g/mol. The largest absolute Gasteiger partial charge is 0.469 e. The van der Waals surface area contributed by atoms with Crippen molar-refractivity contribution in [3.63, 3.8) is 0 Å². The molecular formula is C35H41FO4. The van der Waals surface area contributed by atoms with Crippen LogP contribution in [0.15, 0.2) is 60.7 Å². The maximum Gasteiger partial charge on any atom is 0.310 e. The van der Waals surface area contributed by atoms with Crippen molar-refractivity contribution in [2.75, 3.05) is 20.3 Å². The van der Waals surface area contributed by atoms with E-state index in [4.69, 9.17) is 4.74 Å². The van der Waals surface area contributed by atoms with Gasteiger partial charge in [-0.25, -0.2) is 4.39 Å². The number of rotatable bonds is 9. The van der Waals surface area contributed by atoms with Crippen molar-refractivity contribution < 1.29 is 23.8 Å². The summed E-state index contributed by atoms with van der Waals surface area (Å²) in [6, 6.07) is 18.2. The number of benzene rings is 3. The normalized spacial score (nSPS) is 15.4. The molecule has 3 aromatic rings. The number of esters is 1. The van der Waals surface area contributed by atoms with Gasteiger partial charge in [0.05, 0.1) is 19.1 Å². The molecule has 0 bridgehead atoms. The predicted octanol–water partition coefficient (Wildman–Crippen LogP) is 7.49. The summed E-state index contributed by atoms with van der Waals surface area (Å²) in [7, 11) is 1.30. The van der Waals surface area contributed by atoms with Gasteiger partial charge < -0.3 is 14.6 Å². The molecule has 0 spiro atoms. The molecule has 0 amide bonds. The summed E-state index contributed by atoms with van der Waals surface area (Å²) in [5, 5.41) is 10.8. The summed E-state index contributed by atoms with van der Waals surface area (Å²) in [5.41, 5.74) is 6.97. The van der Waals surface area contributed by atoms with Crippen LogP contribution in [0.3, 0.4) is 0 Å². The van der Waals surface area contributed by atoms with Crippen LogP contribution in [0.5, 0.6) is 0 Å². The molecule has 0 radical (unpaired) electrons. The Morgan fingerprint density at radius 2 is 1.65 bits per heavy atom. The highest BCUT2D eigenvalue weighted by atomic mass is 19.1. The van der Waals surface area contributed by atoms with Crippen molar-refractivity contribution in [1.29, 1.82) is 0 Å². The van der Waals surface area contributed by atoms with Crippen LogP contribution in [0.4, 0.5) is 4.39 Å². The molecule has 0 aliphatic carbocycles. The second-order valence-electron chi connectivity index (χ2n) is 11.0. The van der Waals surface area contributed by atoms with Gasteiger partial charge in [0.1, 0.15) is 5.82 Å². The Labute approximate surface area is 237 Å². The summed E-state index contributed by atoms with van der Waals surface area (Å²) in [5.74, 6) is -0.866. The van der Waals surface area contributed by atoms with Gasteiger partial charge in [-0.15, -0.1) is 0 Å². The van der Waals surface area contributed by atoms with Crippen LogP contribution in [0, 0.1) is 19.7 Å². The molecule has 0 aromatic heterocycles. The van der Waals surface area contributed by atoms with Gasteiger partial charge in [0, 0.05) is 31.5 Å². The molecule has 4 nitrogen and oxygen atoms in total. The van der Waals surface area contributed by atoms with Crippen LogP contribution in [0.25, 0.3) is 17.2 Å². The average Bonchev–Trinajstić information content (AvgIpc) is 2.95. The standard InChI is InChI=1S/C35H41FO4/c1-6-35(7-2,29-11-10-26(24(3)20-29)14-15-34(38)16-18-40-19-17-34)30-12-13-31(25(4)21-30)27-8-9-28(32(36)22-27)23-33(37)39-5/h8-15,20-22,38H,6-7,16-19,23H2,1-5H3/b15-14+. The van der Waals surface area contributed by atoms with E-state index < -0.39 is 17.4 Å². The van der Waals surface area contributed by atoms with Gasteiger partial charge >= 0.3 is 5.97 Å². The molecule has 1 N–H and O–H groups in total. The molecule has 40 heavy (non-hydrogen) atoms. The van der Waals surface area contributed by atoms with Crippen molar-refractivity contribution in [1.82, 2.24) is 0 Å². The SMILES string of the molecule is CCC(CC)(c1ccc(/C=C/C2(O)CCOCC2)c(C)c1)c1ccc(-c2ccc(CC(=O)OC)c(F)c2)c(C)c1. The van der Waals surface area contributed by atoms with E-state index in [9.17, 15) is 14.3 Å². The van der Waals surface area contributed by atoms with E-state index in [-0.39, 0.29) is 11.8 Å². The lowest BCUT2D eigenvalue weighted by Gasteiger charge is -2.34. The number of carbonyl (C=O) groups excluding carboxylic acids is 1. The van der Waals surface area contributed by atoms with E-state index in [1.54, 1.807) is 6.07 Å². The first kappa shape index (κ1) is 29.7. The van der Waals surface area contributed by atoms with Crippen LogP contribution >= 0.6 is 0 Å². The lowest BCUT2D eigenvalue weighted by Crippen LogP contribution is -2.33. The fourth-order valence-corrected chi connectivity index (χ4v) is 5.90. The van der Waals surface area contributed by atoms with Gasteiger partial charge in [-0.05, 0) is 77.3 Å². The van der Waals surface area contributed by atoms with Crippen LogP contribution in [-0.2, 0) is 26.1 Å². The van der Waals surface area contributed by atoms with E-state index in [1.807, 2.05) is 18.2 Å². The summed E-state index contributed by atoms with van der Waals surface area (Å²) < 4.78 is 24.9. The highest BCUT2D eigenvalue weighted by Crippen LogP contribution is 2.41. The lowest BCUT2D eigenvalue weighted by atomic mass is 9.69. The van der Waals surface area contributed by atoms with Crippen LogP contribution in [-0.4, -0.2) is 37.0 Å². The Balaban J connectivity index is 1.63. The number of halogens is 1. The maximum atomic E-state index is 14.8. The molecule has 3 aromatic carbocycles. The third kappa shape index (κ3) is 6.21. The van der Waals surface area contributed by atoms with Gasteiger partial charge in [0.2, 0.25) is 0 Å². The number of hydrogen-bond acceptors (Lipinski definition) is 4. The summed E-state index contributed by atoms with van der Waals surface area (Å²) in [6.07, 6.45) is 7.00. The predicted molar refractivity (Wildman–Crippen MR) is 159 cm³/mol. The first-order chi connectivity index (χ1) is 19.1. The molecule has 0 unspecified atom stereocenters. The Morgan fingerprint density at radius 1 is 1.00 bits per heavy atom. The molecule has 1 aliphatic rings. The molecular weight excluding hydrogens is 503 g/mol. The van der Waals surface area contributed by atoms with Crippen molar-refractivity contribution in [3.05, 3.63) is 99.9 Å². The molecule has 1 fully saturated rings. The molecule has 4 rings (SSSR count). The van der Waals surface area contributed by atoms with Crippen LogP contribution < -0.4 is 0 Å². The van der Waals surface area contributed by atoms with E-state index >= 15 is 0 Å². The molecule has 1 heterocycles. The number of hydrogen-bond donors (Lipinski definition) is 1. The zero-order valence-corrected chi connectivity index (χ0v) is 24.4. The molecule has 0 saturated carbocycles. The Bertz CT molecular complexity index is 1380. The Morgan fingerprint density at radius 3 is 2.23 bits per heavy atom. The highest BCUT2D eigenvalue weighted by molar-refractivity contribution is 5.74. The van der Waals surface area contributed by atoms with E-state index in [0.717, 1.165) is 35.1 Å². The Kier molecular flexibility index (Phi) is 9.27. The van der Waals surface area contributed by atoms with Gasteiger partial charge in [0.15, 0.2) is 0 Å². The number of aliphatic hydroxyl groups is 1. The van der Waals surface area contributed by atoms with Crippen LogP contribution in [0.1, 0.15) is 72.9 Å². The second-order valence-corrected chi connectivity index (χ2v) is 11.0. The fourth-order valence-electron chi connectivity index (χ4n) is 5.90. The molecule has 212 valence electrons. The topological polar surface area (TPSA) is 55.8 Å². The molecule has 1 saturated heterocycles. The van der Waals surface area contributed by atoms with Gasteiger partial charge in [-0.1, -0.05) is 74.5 Å². The van der Waals surface area contributed by atoms with Gasteiger partial charge in [-0.3, -0.25) is 4.79 Å². The van der Waals surface area contributed by atoms with Crippen molar-refractivity contribution >= 4 is 12.0 Å². The maximum absolute atomic E-state index is 14.8. The van der Waals surface area contributed by atoms with Crippen molar-refractivity contribution in [2.24, 2.45) is 0 Å². The number of aryl methyl sites for hydroxylation is 2. The summed E-state index contributed by atoms with van der Waals surface area (Å²) >= 11 is 0. The third-order valence-electron chi connectivity index (χ3n) is 8.67. The highest BCUT2D eigenvalue weighted by Gasteiger charge is 2.32. The fraction of sp³-hybridized carbons (Fsp3) is 0.400. The first-order valence-corrected chi connectivity index (χ1v) is 14.2. The quantitative estimate of drug-likeness (QED) is 0.284. The average molecular weight is 545 g/mol. The van der Waals surface area contributed by atoms with E-state index in [1.165, 1.54) is 29.9 Å². The number of methoxy groups -OCH3 is 1. The summed E-state index contributed by atoms with van der Waals surface area (Å²) in [6.45, 7) is 9.82. The lowest BCUT2D eigenvalue weighted by molar-refractivity contribution is -0.139. The minimum atomic E-state index is -0.802. The van der Waals surface area contributed by atoms with E-state index in [0.29, 0.717) is 31.6 Å². The minimum Gasteiger partial charge on any atom is -0.469 e. The Hall–Kier alpha value is -3.28. The summed E-state index contributed by atoms with van der Waals surface area (Å²) in [4.78, 5) is 11.6. The zero-order valence-electron chi connectivity index (χ0n) is 24.4. The number of carbonyl (C=O) groups is 1. The molecule has 1 aliphatic heterocycles. The van der Waals surface area contributed by atoms with Crippen molar-refractivity contribution in [2.45, 2.75) is 70.8 Å². The van der Waals surface area contributed by atoms with E-state index in [2.05, 4.69) is 68.8 Å². The zero-order chi connectivity index (χ0) is 28.9. The first-order valence-electron chi connectivity index (χ1n) is 14.2. The van der Waals surface area contributed by atoms with Gasteiger partial charge in [-0.2, -0.15) is 0 Å². The molecule has 0 atom stereocenters. The second kappa shape index (κ2) is 12.5. The smallest absolute Gasteiger partial charge is 0.310 e. The minimum absolute atomic E-state index is 0.0834. The van der Waals surface area contributed by atoms with Crippen molar-refractivity contribution in [3.8, 4) is 11.1 Å².